The zero-order valence-corrected chi connectivity index (χ0v) is 7.52. The number of hydrogen-bond donors (Lipinski definition) is 0. The zero-order valence-electron chi connectivity index (χ0n) is 6.63. The molecule has 10 heavy (non-hydrogen) atoms. The van der Waals surface area contributed by atoms with Crippen LogP contribution in [-0.2, 0) is 4.57 Å². The zero-order chi connectivity index (χ0) is 7.65. The molecule has 0 amide bonds. The summed E-state index contributed by atoms with van der Waals surface area (Å²) in [5.41, 5.74) is 0. The molecule has 0 aromatic rings. The van der Waals surface area contributed by atoms with Gasteiger partial charge in [-0.3, -0.25) is 4.57 Å². The fraction of sp³-hybridized carbons (Fsp3) is 1.00. The van der Waals surface area contributed by atoms with Gasteiger partial charge in [0, 0.05) is 0 Å². The van der Waals surface area contributed by atoms with Crippen LogP contribution in [-0.4, -0.2) is 43.0 Å². The normalized spacial score (nSPS) is 11.9. The maximum Gasteiger partial charge on any atom is 0.381 e. The van der Waals surface area contributed by atoms with Crippen molar-refractivity contribution < 1.29 is 14.2 Å². The predicted molar refractivity (Wildman–Crippen MR) is 39.7 cm³/mol. The molecule has 0 rings (SSSR count). The average molecular weight is 172 g/mol. The highest BCUT2D eigenvalue weighted by Crippen LogP contribution is 2.50. The first kappa shape index (κ1) is 12.7. The molecule has 0 spiro atoms. The van der Waals surface area contributed by atoms with Crippen molar-refractivity contribution >= 4 is 7.75 Å². The fourth-order valence-corrected chi connectivity index (χ4v) is 1.07. The van der Waals surface area contributed by atoms with E-state index in [0.29, 0.717) is 0 Å². The molecule has 0 unspecified atom stereocenters. The molecule has 6 heteroatoms. The van der Waals surface area contributed by atoms with E-state index in [-0.39, 0.29) is 5.48 Å². The van der Waals surface area contributed by atoms with Gasteiger partial charge in [-0.2, -0.15) is 4.20 Å². The fourth-order valence-electron chi connectivity index (χ4n) is 0.358. The van der Waals surface area contributed by atoms with Crippen molar-refractivity contribution in [1.29, 1.82) is 0 Å². The van der Waals surface area contributed by atoms with Crippen molar-refractivity contribution in [3.05, 3.63) is 0 Å². The van der Waals surface area contributed by atoms with E-state index >= 15 is 0 Å². The van der Waals surface area contributed by atoms with E-state index in [2.05, 4.69) is 0 Å². The molecule has 0 bridgehead atoms. The number of hydrogen-bond acceptors (Lipinski definition) is 1. The summed E-state index contributed by atoms with van der Waals surface area (Å²) in [5.74, 6) is 0. The minimum Gasteiger partial charge on any atom is -0.412 e. The lowest BCUT2D eigenvalue weighted by atomic mass is 11.3. The number of halogens is 1. The lowest BCUT2D eigenvalue weighted by Gasteiger charge is -2.21. The Labute approximate surface area is 60.5 Å². The molecule has 4 nitrogen and oxygen atoms in total. The molecule has 0 aliphatic carbocycles. The van der Waals surface area contributed by atoms with Crippen LogP contribution in [0.5, 0.6) is 0 Å². The monoisotopic (exact) mass is 172 g/mol. The Morgan fingerprint density at radius 2 is 1.30 bits per heavy atom. The SMILES string of the molecule is CN(C)P(=O)(F)N(C)C.O. The van der Waals surface area contributed by atoms with Crippen LogP contribution in [0.2, 0.25) is 0 Å². The molecular formula is C4H14FN2O2P. The third kappa shape index (κ3) is 2.75. The van der Waals surface area contributed by atoms with E-state index in [1.165, 1.54) is 28.2 Å². The van der Waals surface area contributed by atoms with Crippen molar-refractivity contribution in [3.8, 4) is 0 Å². The van der Waals surface area contributed by atoms with E-state index in [1.54, 1.807) is 0 Å². The Kier molecular flexibility index (Phi) is 5.12. The molecule has 0 aliphatic heterocycles. The van der Waals surface area contributed by atoms with Gasteiger partial charge in [0.2, 0.25) is 0 Å². The van der Waals surface area contributed by atoms with E-state index in [0.717, 1.165) is 9.34 Å². The van der Waals surface area contributed by atoms with Crippen LogP contribution in [0.1, 0.15) is 0 Å². The van der Waals surface area contributed by atoms with E-state index in [9.17, 15) is 8.76 Å². The third-order valence-electron chi connectivity index (χ3n) is 0.987. The molecule has 0 aromatic heterocycles. The minimum absolute atomic E-state index is 0. The van der Waals surface area contributed by atoms with Crippen LogP contribution < -0.4 is 0 Å². The van der Waals surface area contributed by atoms with Gasteiger partial charge >= 0.3 is 7.75 Å². The topological polar surface area (TPSA) is 55.1 Å². The largest absolute Gasteiger partial charge is 0.412 e. The van der Waals surface area contributed by atoms with E-state index < -0.39 is 7.75 Å². The second-order valence-electron chi connectivity index (χ2n) is 2.17. The Bertz CT molecular complexity index is 127. The van der Waals surface area contributed by atoms with Gasteiger partial charge in [-0.05, 0) is 28.2 Å². The summed E-state index contributed by atoms with van der Waals surface area (Å²) >= 11 is 0. The molecule has 0 atom stereocenters. The van der Waals surface area contributed by atoms with Gasteiger partial charge in [0.05, 0.1) is 0 Å². The minimum atomic E-state index is -3.67. The summed E-state index contributed by atoms with van der Waals surface area (Å²) < 4.78 is 25.7. The summed E-state index contributed by atoms with van der Waals surface area (Å²) in [7, 11) is 2.11. The van der Waals surface area contributed by atoms with Crippen molar-refractivity contribution in [2.45, 2.75) is 0 Å². The van der Waals surface area contributed by atoms with Gasteiger partial charge in [0.25, 0.3) is 0 Å². The van der Waals surface area contributed by atoms with Crippen molar-refractivity contribution in [2.75, 3.05) is 28.2 Å². The summed E-state index contributed by atoms with van der Waals surface area (Å²) in [4.78, 5) is 0. The van der Waals surface area contributed by atoms with E-state index in [1.807, 2.05) is 0 Å². The maximum atomic E-state index is 12.7. The highest BCUT2D eigenvalue weighted by Gasteiger charge is 2.26. The van der Waals surface area contributed by atoms with Gasteiger partial charge in [-0.25, -0.2) is 9.34 Å². The molecule has 0 heterocycles. The Morgan fingerprint density at radius 1 is 1.10 bits per heavy atom. The van der Waals surface area contributed by atoms with Gasteiger partial charge < -0.3 is 5.48 Å². The quantitative estimate of drug-likeness (QED) is 0.565. The Morgan fingerprint density at radius 3 is 1.30 bits per heavy atom. The van der Waals surface area contributed by atoms with Crippen LogP contribution in [0.3, 0.4) is 0 Å². The maximum absolute atomic E-state index is 12.7. The lowest BCUT2D eigenvalue weighted by Crippen LogP contribution is -2.17. The summed E-state index contributed by atoms with van der Waals surface area (Å²) in [5, 5.41) is 0. The molecule has 0 saturated carbocycles. The van der Waals surface area contributed by atoms with Crippen LogP contribution >= 0.6 is 7.75 Å². The molecule has 0 aromatic carbocycles. The molecule has 0 saturated heterocycles. The first-order chi connectivity index (χ1) is 3.89. The summed E-state index contributed by atoms with van der Waals surface area (Å²) in [6, 6.07) is 0. The van der Waals surface area contributed by atoms with Crippen molar-refractivity contribution in [1.82, 2.24) is 9.34 Å². The third-order valence-corrected chi connectivity index (χ3v) is 2.96. The van der Waals surface area contributed by atoms with Crippen LogP contribution in [0.4, 0.5) is 4.20 Å². The van der Waals surface area contributed by atoms with Gasteiger partial charge in [-0.1, -0.05) is 0 Å². The van der Waals surface area contributed by atoms with Gasteiger partial charge in [-0.15, -0.1) is 0 Å². The summed E-state index contributed by atoms with van der Waals surface area (Å²) in [6.45, 7) is 0. The molecule has 0 aliphatic rings. The molecule has 0 fully saturated rings. The van der Waals surface area contributed by atoms with Crippen molar-refractivity contribution in [2.24, 2.45) is 0 Å². The molecular weight excluding hydrogens is 158 g/mol. The lowest BCUT2D eigenvalue weighted by molar-refractivity contribution is 0.399. The molecule has 2 N–H and O–H groups in total. The first-order valence-electron chi connectivity index (χ1n) is 2.54. The standard InChI is InChI=1S/C4H12FN2OP.H2O/c1-6(2)9(5,8)7(3)4;/h1-4H3;1H2. The smallest absolute Gasteiger partial charge is 0.381 e. The predicted octanol–water partition coefficient (Wildman–Crippen LogP) is 0.362. The molecule has 0 radical (unpaired) electrons. The van der Waals surface area contributed by atoms with Gasteiger partial charge in [0.1, 0.15) is 0 Å². The van der Waals surface area contributed by atoms with Crippen molar-refractivity contribution in [3.63, 3.8) is 0 Å². The second kappa shape index (κ2) is 4.03. The van der Waals surface area contributed by atoms with Crippen LogP contribution in [0.25, 0.3) is 0 Å². The number of nitrogens with zero attached hydrogens (tertiary/aromatic N) is 2. The van der Waals surface area contributed by atoms with Crippen LogP contribution in [0, 0.1) is 0 Å². The average Bonchev–Trinajstić information content (AvgIpc) is 1.65. The summed E-state index contributed by atoms with van der Waals surface area (Å²) in [6.07, 6.45) is 0. The highest BCUT2D eigenvalue weighted by atomic mass is 31.2. The van der Waals surface area contributed by atoms with E-state index in [4.69, 9.17) is 0 Å². The Balaban J connectivity index is 0. The highest BCUT2D eigenvalue weighted by molar-refractivity contribution is 7.53. The second-order valence-corrected chi connectivity index (χ2v) is 4.71. The van der Waals surface area contributed by atoms with Crippen LogP contribution in [0.15, 0.2) is 0 Å². The molecule has 64 valence electrons. The first-order valence-corrected chi connectivity index (χ1v) is 4.04. The number of rotatable bonds is 2. The Hall–Kier alpha value is 0.0400. The van der Waals surface area contributed by atoms with Gasteiger partial charge in [0.15, 0.2) is 0 Å².